The van der Waals surface area contributed by atoms with Crippen molar-refractivity contribution in [2.45, 2.75) is 71.3 Å². The molecule has 1 N–H and O–H groups in total. The number of nitrogens with one attached hydrogen (secondary N) is 1. The molecule has 0 radical (unpaired) electrons. The minimum absolute atomic E-state index is 0.770. The van der Waals surface area contributed by atoms with Crippen molar-refractivity contribution in [3.8, 4) is 0 Å². The Morgan fingerprint density at radius 3 is 2.76 bits per heavy atom. The third-order valence-corrected chi connectivity index (χ3v) is 4.31. The molecule has 0 spiro atoms. The van der Waals surface area contributed by atoms with Crippen molar-refractivity contribution >= 4 is 0 Å². The lowest BCUT2D eigenvalue weighted by molar-refractivity contribution is 0.325. The van der Waals surface area contributed by atoms with Crippen LogP contribution < -0.4 is 5.32 Å². The van der Waals surface area contributed by atoms with E-state index in [4.69, 9.17) is 0 Å². The molecule has 0 amide bonds. The van der Waals surface area contributed by atoms with Gasteiger partial charge < -0.3 is 5.32 Å². The molecule has 0 aliphatic heterocycles. The maximum absolute atomic E-state index is 3.82. The first-order valence-corrected chi connectivity index (χ1v) is 7.66. The molecule has 3 unspecified atom stereocenters. The van der Waals surface area contributed by atoms with Crippen LogP contribution in [0.15, 0.2) is 12.7 Å². The monoisotopic (exact) mass is 237 g/mol. The summed E-state index contributed by atoms with van der Waals surface area (Å²) in [6.45, 7) is 9.62. The molecule has 0 aromatic rings. The number of rotatable bonds is 9. The Hall–Kier alpha value is -0.300. The van der Waals surface area contributed by atoms with E-state index >= 15 is 0 Å². The summed E-state index contributed by atoms with van der Waals surface area (Å²) in [5.74, 6) is 1.95. The molecular weight excluding hydrogens is 206 g/mol. The summed E-state index contributed by atoms with van der Waals surface area (Å²) in [4.78, 5) is 0. The Morgan fingerprint density at radius 1 is 1.35 bits per heavy atom. The van der Waals surface area contributed by atoms with E-state index in [0.717, 1.165) is 17.9 Å². The average molecular weight is 237 g/mol. The normalized spacial score (nSPS) is 26.0. The van der Waals surface area contributed by atoms with Gasteiger partial charge in [0.2, 0.25) is 0 Å². The molecule has 17 heavy (non-hydrogen) atoms. The standard InChI is InChI=1S/C16H31N/c1-4-7-8-9-16(17-12-5-2)15-11-10-14(6-3)13-15/h4,14-17H,1,5-13H2,2-3H3. The molecule has 1 aliphatic rings. The Kier molecular flexibility index (Phi) is 7.59. The van der Waals surface area contributed by atoms with E-state index in [9.17, 15) is 0 Å². The van der Waals surface area contributed by atoms with Crippen LogP contribution in [0, 0.1) is 11.8 Å². The summed E-state index contributed by atoms with van der Waals surface area (Å²) in [7, 11) is 0. The predicted molar refractivity (Wildman–Crippen MR) is 77.3 cm³/mol. The van der Waals surface area contributed by atoms with E-state index in [2.05, 4.69) is 31.8 Å². The molecule has 1 nitrogen and oxygen atoms in total. The largest absolute Gasteiger partial charge is 0.314 e. The van der Waals surface area contributed by atoms with Crippen molar-refractivity contribution in [1.29, 1.82) is 0 Å². The van der Waals surface area contributed by atoms with Crippen LogP contribution in [0.25, 0.3) is 0 Å². The van der Waals surface area contributed by atoms with Gasteiger partial charge in [-0.05, 0) is 56.9 Å². The van der Waals surface area contributed by atoms with E-state index in [1.807, 2.05) is 0 Å². The lowest BCUT2D eigenvalue weighted by Crippen LogP contribution is -2.35. The van der Waals surface area contributed by atoms with Crippen LogP contribution >= 0.6 is 0 Å². The molecule has 1 fully saturated rings. The summed E-state index contributed by atoms with van der Waals surface area (Å²) in [6.07, 6.45) is 12.9. The average Bonchev–Trinajstić information content (AvgIpc) is 2.82. The maximum Gasteiger partial charge on any atom is 0.00955 e. The van der Waals surface area contributed by atoms with Crippen molar-refractivity contribution in [3.63, 3.8) is 0 Å². The summed E-state index contributed by atoms with van der Waals surface area (Å²) in [5, 5.41) is 3.78. The molecular formula is C16H31N. The fourth-order valence-corrected chi connectivity index (χ4v) is 3.17. The van der Waals surface area contributed by atoms with Crippen molar-refractivity contribution in [2.24, 2.45) is 11.8 Å². The summed E-state index contributed by atoms with van der Waals surface area (Å²) in [5.41, 5.74) is 0. The van der Waals surface area contributed by atoms with Gasteiger partial charge in [-0.3, -0.25) is 0 Å². The van der Waals surface area contributed by atoms with Crippen LogP contribution in [0.4, 0.5) is 0 Å². The van der Waals surface area contributed by atoms with Gasteiger partial charge >= 0.3 is 0 Å². The molecule has 0 saturated heterocycles. The van der Waals surface area contributed by atoms with E-state index < -0.39 is 0 Å². The van der Waals surface area contributed by atoms with E-state index in [1.165, 1.54) is 57.9 Å². The van der Waals surface area contributed by atoms with Gasteiger partial charge in [-0.15, -0.1) is 6.58 Å². The second-order valence-corrected chi connectivity index (χ2v) is 5.63. The number of allylic oxidation sites excluding steroid dienone is 1. The van der Waals surface area contributed by atoms with Gasteiger partial charge in [0.05, 0.1) is 0 Å². The summed E-state index contributed by atoms with van der Waals surface area (Å²) >= 11 is 0. The number of hydrogen-bond donors (Lipinski definition) is 1. The van der Waals surface area contributed by atoms with Crippen LogP contribution in [0.1, 0.15) is 65.2 Å². The highest BCUT2D eigenvalue weighted by atomic mass is 14.9. The van der Waals surface area contributed by atoms with Gasteiger partial charge in [-0.25, -0.2) is 0 Å². The molecule has 3 atom stereocenters. The minimum Gasteiger partial charge on any atom is -0.314 e. The van der Waals surface area contributed by atoms with E-state index in [1.54, 1.807) is 0 Å². The van der Waals surface area contributed by atoms with Gasteiger partial charge in [0.1, 0.15) is 0 Å². The van der Waals surface area contributed by atoms with Crippen molar-refractivity contribution in [3.05, 3.63) is 12.7 Å². The topological polar surface area (TPSA) is 12.0 Å². The van der Waals surface area contributed by atoms with Crippen LogP contribution in [0.3, 0.4) is 0 Å². The van der Waals surface area contributed by atoms with Crippen LogP contribution in [0.5, 0.6) is 0 Å². The molecule has 1 heteroatoms. The van der Waals surface area contributed by atoms with E-state index in [0.29, 0.717) is 0 Å². The third kappa shape index (κ3) is 5.25. The summed E-state index contributed by atoms with van der Waals surface area (Å²) in [6, 6.07) is 0.770. The highest BCUT2D eigenvalue weighted by molar-refractivity contribution is 4.84. The van der Waals surface area contributed by atoms with Gasteiger partial charge in [-0.1, -0.05) is 32.8 Å². The molecule has 1 saturated carbocycles. The Bertz CT molecular complexity index is 200. The number of unbranched alkanes of at least 4 members (excludes halogenated alkanes) is 1. The zero-order chi connectivity index (χ0) is 12.5. The first-order valence-electron chi connectivity index (χ1n) is 7.66. The smallest absolute Gasteiger partial charge is 0.00955 e. The third-order valence-electron chi connectivity index (χ3n) is 4.31. The summed E-state index contributed by atoms with van der Waals surface area (Å²) < 4.78 is 0. The second kappa shape index (κ2) is 8.74. The molecule has 0 heterocycles. The SMILES string of the molecule is C=CCCCC(NCCC)C1CCC(CC)C1. The predicted octanol–water partition coefficient (Wildman–Crippen LogP) is 4.54. The molecule has 0 bridgehead atoms. The van der Waals surface area contributed by atoms with E-state index in [-0.39, 0.29) is 0 Å². The highest BCUT2D eigenvalue weighted by Crippen LogP contribution is 2.36. The lowest BCUT2D eigenvalue weighted by atomic mass is 9.92. The fraction of sp³-hybridized carbons (Fsp3) is 0.875. The first kappa shape index (κ1) is 14.8. The first-order chi connectivity index (χ1) is 8.31. The number of hydrogen-bond acceptors (Lipinski definition) is 1. The fourth-order valence-electron chi connectivity index (χ4n) is 3.17. The van der Waals surface area contributed by atoms with Crippen LogP contribution in [-0.4, -0.2) is 12.6 Å². The second-order valence-electron chi connectivity index (χ2n) is 5.63. The van der Waals surface area contributed by atoms with Gasteiger partial charge in [0, 0.05) is 6.04 Å². The zero-order valence-corrected chi connectivity index (χ0v) is 11.9. The molecule has 0 aromatic heterocycles. The molecule has 1 rings (SSSR count). The van der Waals surface area contributed by atoms with Gasteiger partial charge in [0.25, 0.3) is 0 Å². The Morgan fingerprint density at radius 2 is 2.18 bits per heavy atom. The Balaban J connectivity index is 2.35. The van der Waals surface area contributed by atoms with Crippen molar-refractivity contribution in [2.75, 3.05) is 6.54 Å². The van der Waals surface area contributed by atoms with Crippen LogP contribution in [0.2, 0.25) is 0 Å². The molecule has 1 aliphatic carbocycles. The van der Waals surface area contributed by atoms with Crippen LogP contribution in [-0.2, 0) is 0 Å². The Labute approximate surface area is 108 Å². The maximum atomic E-state index is 3.82. The highest BCUT2D eigenvalue weighted by Gasteiger charge is 2.29. The van der Waals surface area contributed by atoms with Gasteiger partial charge in [0.15, 0.2) is 0 Å². The minimum atomic E-state index is 0.770. The molecule has 100 valence electrons. The molecule has 0 aromatic carbocycles. The van der Waals surface area contributed by atoms with Gasteiger partial charge in [-0.2, -0.15) is 0 Å². The van der Waals surface area contributed by atoms with Crippen molar-refractivity contribution < 1.29 is 0 Å². The lowest BCUT2D eigenvalue weighted by Gasteiger charge is -2.25. The zero-order valence-electron chi connectivity index (χ0n) is 11.9. The van der Waals surface area contributed by atoms with Crippen molar-refractivity contribution in [1.82, 2.24) is 5.32 Å². The quantitative estimate of drug-likeness (QED) is 0.458.